The molecular formula is C12H17NO. The Morgan fingerprint density at radius 3 is 2.64 bits per heavy atom. The predicted molar refractivity (Wildman–Crippen MR) is 58.9 cm³/mol. The lowest BCUT2D eigenvalue weighted by Gasteiger charge is -2.34. The highest BCUT2D eigenvalue weighted by Crippen LogP contribution is 2.35. The fourth-order valence-electron chi connectivity index (χ4n) is 2.08. The summed E-state index contributed by atoms with van der Waals surface area (Å²) in [4.78, 5) is 2.39. The van der Waals surface area contributed by atoms with Crippen LogP contribution < -0.4 is 4.90 Å². The molecule has 0 atom stereocenters. The Morgan fingerprint density at radius 2 is 2.00 bits per heavy atom. The van der Waals surface area contributed by atoms with Crippen LogP contribution in [0.25, 0.3) is 0 Å². The van der Waals surface area contributed by atoms with E-state index in [1.165, 1.54) is 11.3 Å². The molecule has 2 heteroatoms. The Morgan fingerprint density at radius 1 is 1.29 bits per heavy atom. The zero-order chi connectivity index (χ0) is 10.3. The van der Waals surface area contributed by atoms with Crippen molar-refractivity contribution in [3.63, 3.8) is 0 Å². The molecular weight excluding hydrogens is 174 g/mol. The van der Waals surface area contributed by atoms with Gasteiger partial charge in [-0.3, -0.25) is 0 Å². The van der Waals surface area contributed by atoms with Crippen LogP contribution >= 0.6 is 0 Å². The van der Waals surface area contributed by atoms with Gasteiger partial charge in [-0.15, -0.1) is 0 Å². The Hall–Kier alpha value is -1.18. The zero-order valence-corrected chi connectivity index (χ0v) is 9.04. The van der Waals surface area contributed by atoms with Crippen LogP contribution in [0.15, 0.2) is 18.2 Å². The molecule has 0 unspecified atom stereocenters. The molecule has 0 bridgehead atoms. The van der Waals surface area contributed by atoms with Gasteiger partial charge in [-0.2, -0.15) is 0 Å². The summed E-state index contributed by atoms with van der Waals surface area (Å²) in [6.45, 7) is 7.71. The van der Waals surface area contributed by atoms with Crippen LogP contribution in [0.2, 0.25) is 0 Å². The molecule has 1 aromatic rings. The normalized spacial score (nSPS) is 15.8. The molecule has 0 radical (unpaired) electrons. The number of fused-ring (bicyclic) bond motifs is 1. The molecule has 14 heavy (non-hydrogen) atoms. The van der Waals surface area contributed by atoms with Gasteiger partial charge < -0.3 is 10.0 Å². The number of anilines is 1. The molecule has 0 fully saturated rings. The Labute approximate surface area is 85.2 Å². The van der Waals surface area contributed by atoms with Gasteiger partial charge in [-0.1, -0.05) is 0 Å². The highest BCUT2D eigenvalue weighted by Gasteiger charge is 2.28. The molecule has 1 N–H and O–H groups in total. The second kappa shape index (κ2) is 2.91. The average Bonchev–Trinajstić information content (AvgIpc) is 2.45. The summed E-state index contributed by atoms with van der Waals surface area (Å²) >= 11 is 0. The van der Waals surface area contributed by atoms with Gasteiger partial charge in [0.15, 0.2) is 0 Å². The summed E-state index contributed by atoms with van der Waals surface area (Å²) in [5.74, 6) is 0.375. The first-order valence-corrected chi connectivity index (χ1v) is 5.08. The Balaban J connectivity index is 2.41. The van der Waals surface area contributed by atoms with E-state index in [2.05, 4.69) is 25.7 Å². The Kier molecular flexibility index (Phi) is 1.95. The smallest absolute Gasteiger partial charge is 0.116 e. The topological polar surface area (TPSA) is 23.5 Å². The highest BCUT2D eigenvalue weighted by molar-refractivity contribution is 5.61. The van der Waals surface area contributed by atoms with E-state index in [0.717, 1.165) is 13.0 Å². The fourth-order valence-corrected chi connectivity index (χ4v) is 2.08. The van der Waals surface area contributed by atoms with Gasteiger partial charge in [0.1, 0.15) is 5.75 Å². The fraction of sp³-hybridized carbons (Fsp3) is 0.500. The first-order valence-electron chi connectivity index (χ1n) is 5.08. The van der Waals surface area contributed by atoms with Crippen molar-refractivity contribution >= 4 is 5.69 Å². The van der Waals surface area contributed by atoms with Crippen molar-refractivity contribution in [3.8, 4) is 5.75 Å². The number of hydrogen-bond donors (Lipinski definition) is 1. The summed E-state index contributed by atoms with van der Waals surface area (Å²) in [5.41, 5.74) is 2.71. The van der Waals surface area contributed by atoms with Crippen molar-refractivity contribution < 1.29 is 5.11 Å². The molecule has 76 valence electrons. The van der Waals surface area contributed by atoms with E-state index >= 15 is 0 Å². The van der Waals surface area contributed by atoms with Gasteiger partial charge in [0.25, 0.3) is 0 Å². The molecule has 1 aliphatic rings. The van der Waals surface area contributed by atoms with Crippen LogP contribution in [-0.4, -0.2) is 17.2 Å². The standard InChI is InChI=1S/C12H17NO/c1-12(2,3)13-7-6-9-8-10(14)4-5-11(9)13/h4-5,8,14H,6-7H2,1-3H3. The van der Waals surface area contributed by atoms with E-state index in [1.807, 2.05) is 12.1 Å². The van der Waals surface area contributed by atoms with E-state index in [4.69, 9.17) is 0 Å². The van der Waals surface area contributed by atoms with Crippen molar-refractivity contribution in [2.24, 2.45) is 0 Å². The van der Waals surface area contributed by atoms with Gasteiger partial charge in [0, 0.05) is 17.8 Å². The molecule has 0 spiro atoms. The molecule has 0 aromatic heterocycles. The van der Waals surface area contributed by atoms with Crippen LogP contribution in [0.3, 0.4) is 0 Å². The molecule has 0 aliphatic carbocycles. The minimum Gasteiger partial charge on any atom is -0.508 e. The maximum Gasteiger partial charge on any atom is 0.116 e. The van der Waals surface area contributed by atoms with Crippen LogP contribution in [0.4, 0.5) is 5.69 Å². The van der Waals surface area contributed by atoms with Crippen molar-refractivity contribution in [3.05, 3.63) is 23.8 Å². The molecule has 1 aliphatic heterocycles. The summed E-state index contributed by atoms with van der Waals surface area (Å²) in [7, 11) is 0. The molecule has 0 amide bonds. The van der Waals surface area contributed by atoms with Gasteiger partial charge in [-0.25, -0.2) is 0 Å². The molecule has 0 saturated carbocycles. The second-order valence-electron chi connectivity index (χ2n) is 4.89. The van der Waals surface area contributed by atoms with E-state index in [-0.39, 0.29) is 5.54 Å². The van der Waals surface area contributed by atoms with Crippen LogP contribution in [0.5, 0.6) is 5.75 Å². The number of benzene rings is 1. The van der Waals surface area contributed by atoms with Crippen LogP contribution in [0, 0.1) is 0 Å². The summed E-state index contributed by atoms with van der Waals surface area (Å²) in [6, 6.07) is 5.66. The number of nitrogens with zero attached hydrogens (tertiary/aromatic N) is 1. The lowest BCUT2D eigenvalue weighted by Crippen LogP contribution is -2.40. The molecule has 2 rings (SSSR count). The van der Waals surface area contributed by atoms with E-state index in [1.54, 1.807) is 6.07 Å². The van der Waals surface area contributed by atoms with E-state index < -0.39 is 0 Å². The summed E-state index contributed by atoms with van der Waals surface area (Å²) in [6.07, 6.45) is 1.04. The lowest BCUT2D eigenvalue weighted by atomic mass is 10.1. The third-order valence-electron chi connectivity index (χ3n) is 2.77. The first-order chi connectivity index (χ1) is 6.48. The summed E-state index contributed by atoms with van der Waals surface area (Å²) < 4.78 is 0. The van der Waals surface area contributed by atoms with Crippen molar-refractivity contribution in [2.75, 3.05) is 11.4 Å². The van der Waals surface area contributed by atoms with Gasteiger partial charge >= 0.3 is 0 Å². The number of phenols is 1. The predicted octanol–water partition coefficient (Wildman–Crippen LogP) is 2.55. The zero-order valence-electron chi connectivity index (χ0n) is 9.04. The largest absolute Gasteiger partial charge is 0.508 e. The van der Waals surface area contributed by atoms with Gasteiger partial charge in [-0.05, 0) is 51.0 Å². The second-order valence-corrected chi connectivity index (χ2v) is 4.89. The van der Waals surface area contributed by atoms with Crippen LogP contribution in [0.1, 0.15) is 26.3 Å². The maximum atomic E-state index is 9.37. The monoisotopic (exact) mass is 191 g/mol. The number of phenolic OH excluding ortho intramolecular Hbond substituents is 1. The lowest BCUT2D eigenvalue weighted by molar-refractivity contribution is 0.474. The van der Waals surface area contributed by atoms with Gasteiger partial charge in [0.05, 0.1) is 0 Å². The minimum absolute atomic E-state index is 0.169. The van der Waals surface area contributed by atoms with Crippen molar-refractivity contribution in [1.29, 1.82) is 0 Å². The van der Waals surface area contributed by atoms with Crippen LogP contribution in [-0.2, 0) is 6.42 Å². The third-order valence-corrected chi connectivity index (χ3v) is 2.77. The van der Waals surface area contributed by atoms with Crippen molar-refractivity contribution in [2.45, 2.75) is 32.7 Å². The number of rotatable bonds is 0. The SMILES string of the molecule is CC(C)(C)N1CCc2cc(O)ccc21. The van der Waals surface area contributed by atoms with Gasteiger partial charge in [0.2, 0.25) is 0 Å². The van der Waals surface area contributed by atoms with Crippen molar-refractivity contribution in [1.82, 2.24) is 0 Å². The number of aromatic hydroxyl groups is 1. The minimum atomic E-state index is 0.169. The summed E-state index contributed by atoms with van der Waals surface area (Å²) in [5, 5.41) is 9.37. The van der Waals surface area contributed by atoms with E-state index in [9.17, 15) is 5.11 Å². The average molecular weight is 191 g/mol. The third kappa shape index (κ3) is 1.45. The molecule has 1 aromatic carbocycles. The molecule has 2 nitrogen and oxygen atoms in total. The first kappa shape index (κ1) is 9.38. The Bertz CT molecular complexity index is 352. The maximum absolute atomic E-state index is 9.37. The van der Waals surface area contributed by atoms with E-state index in [0.29, 0.717) is 5.75 Å². The highest BCUT2D eigenvalue weighted by atomic mass is 16.3. The quantitative estimate of drug-likeness (QED) is 0.681. The molecule has 0 saturated heterocycles. The molecule has 1 heterocycles. The number of hydrogen-bond acceptors (Lipinski definition) is 2.